The van der Waals surface area contributed by atoms with E-state index in [0.29, 0.717) is 10.8 Å². The van der Waals surface area contributed by atoms with Crippen LogP contribution in [-0.4, -0.2) is 92.8 Å². The van der Waals surface area contributed by atoms with Crippen molar-refractivity contribution in [3.05, 3.63) is 65.6 Å². The number of carbonyl (C=O) groups excluding carboxylic acids is 1. The Balaban J connectivity index is 1.31. The molecule has 0 saturated carbocycles. The van der Waals surface area contributed by atoms with Crippen molar-refractivity contribution in [2.24, 2.45) is 0 Å². The van der Waals surface area contributed by atoms with E-state index in [1.807, 2.05) is 0 Å². The van der Waals surface area contributed by atoms with E-state index in [1.165, 1.54) is 17.2 Å². The molecule has 1 N–H and O–H groups in total. The molecule has 7 rings (SSSR count). The first-order valence-electron chi connectivity index (χ1n) is 16.2. The van der Waals surface area contributed by atoms with Crippen molar-refractivity contribution in [3.8, 4) is 23.3 Å². The molecular formula is C35H33ClF3N7O3. The number of amides is 1. The van der Waals surface area contributed by atoms with Crippen LogP contribution in [0.25, 0.3) is 32.9 Å². The maximum absolute atomic E-state index is 16.8. The Morgan fingerprint density at radius 2 is 2.00 bits per heavy atom. The zero-order valence-electron chi connectivity index (χ0n) is 26.5. The Morgan fingerprint density at radius 1 is 1.16 bits per heavy atom. The summed E-state index contributed by atoms with van der Waals surface area (Å²) < 4.78 is 51.4. The summed E-state index contributed by atoms with van der Waals surface area (Å²) in [6, 6.07) is 9.12. The number of aliphatic hydroxyl groups is 1. The van der Waals surface area contributed by atoms with Crippen molar-refractivity contribution in [1.82, 2.24) is 24.8 Å². The van der Waals surface area contributed by atoms with Gasteiger partial charge in [0.25, 0.3) is 5.91 Å². The number of anilines is 1. The van der Waals surface area contributed by atoms with E-state index in [4.69, 9.17) is 21.3 Å². The third-order valence-electron chi connectivity index (χ3n) is 10.2. The summed E-state index contributed by atoms with van der Waals surface area (Å²) in [6.45, 7) is 4.57. The number of hydrogen-bond donors (Lipinski definition) is 1. The van der Waals surface area contributed by atoms with Crippen molar-refractivity contribution in [1.29, 1.82) is 5.26 Å². The van der Waals surface area contributed by atoms with E-state index < -0.39 is 29.4 Å². The van der Waals surface area contributed by atoms with Crippen molar-refractivity contribution >= 4 is 45.0 Å². The average Bonchev–Trinajstić information content (AvgIpc) is 3.68. The highest BCUT2D eigenvalue weighted by atomic mass is 35.5. The van der Waals surface area contributed by atoms with Crippen LogP contribution in [-0.2, 0) is 4.79 Å². The lowest BCUT2D eigenvalue weighted by Gasteiger charge is -2.41. The van der Waals surface area contributed by atoms with E-state index in [9.17, 15) is 23.9 Å². The van der Waals surface area contributed by atoms with Gasteiger partial charge in [-0.3, -0.25) is 14.7 Å². The van der Waals surface area contributed by atoms with Gasteiger partial charge in [0.1, 0.15) is 29.5 Å². The molecule has 2 unspecified atom stereocenters. The fraction of sp³-hybridized carbons (Fsp3) is 0.400. The molecule has 0 radical (unpaired) electrons. The Labute approximate surface area is 285 Å². The molecule has 49 heavy (non-hydrogen) atoms. The normalized spacial score (nSPS) is 22.4. The molecule has 3 atom stereocenters. The fourth-order valence-corrected chi connectivity index (χ4v) is 8.03. The number of carbonyl (C=O) groups is 1. The number of nitrogens with zero attached hydrogens (tertiary/aromatic N) is 7. The molecule has 0 aliphatic carbocycles. The fourth-order valence-electron chi connectivity index (χ4n) is 7.75. The monoisotopic (exact) mass is 691 g/mol. The van der Waals surface area contributed by atoms with Crippen LogP contribution in [0.15, 0.2) is 48.9 Å². The number of ether oxygens (including phenoxy) is 1. The molecule has 3 fully saturated rings. The summed E-state index contributed by atoms with van der Waals surface area (Å²) in [6.07, 6.45) is 4.89. The van der Waals surface area contributed by atoms with E-state index in [0.717, 1.165) is 32.2 Å². The topological polar surface area (TPSA) is 119 Å². The highest BCUT2D eigenvalue weighted by Crippen LogP contribution is 2.43. The van der Waals surface area contributed by atoms with Crippen LogP contribution in [0.3, 0.4) is 0 Å². The second kappa shape index (κ2) is 13.1. The highest BCUT2D eigenvalue weighted by Gasteiger charge is 2.49. The number of pyridine rings is 1. The molecule has 0 spiro atoms. The highest BCUT2D eigenvalue weighted by molar-refractivity contribution is 6.36. The first-order chi connectivity index (χ1) is 23.7. The van der Waals surface area contributed by atoms with Crippen LogP contribution in [0.1, 0.15) is 32.1 Å². The Bertz CT molecular complexity index is 2030. The lowest BCUT2D eigenvalue weighted by atomic mass is 9.95. The van der Waals surface area contributed by atoms with Gasteiger partial charge in [0.05, 0.1) is 35.5 Å². The number of halogens is 4. The number of fused-ring (bicyclic) bond motifs is 3. The first-order valence-corrected chi connectivity index (χ1v) is 16.5. The number of nitriles is 1. The summed E-state index contributed by atoms with van der Waals surface area (Å²) in [7, 11) is 0. The van der Waals surface area contributed by atoms with E-state index >= 15 is 4.39 Å². The molecule has 5 heterocycles. The minimum atomic E-state index is -1.12. The van der Waals surface area contributed by atoms with E-state index in [-0.39, 0.29) is 89.9 Å². The second-order valence-corrected chi connectivity index (χ2v) is 13.2. The van der Waals surface area contributed by atoms with Gasteiger partial charge in [-0.15, -0.1) is 0 Å². The van der Waals surface area contributed by atoms with Gasteiger partial charge in [0, 0.05) is 48.4 Å². The van der Waals surface area contributed by atoms with Crippen LogP contribution >= 0.6 is 11.6 Å². The van der Waals surface area contributed by atoms with Crippen molar-refractivity contribution in [3.63, 3.8) is 0 Å². The first kappa shape index (κ1) is 33.0. The van der Waals surface area contributed by atoms with Gasteiger partial charge in [0.15, 0.2) is 11.6 Å². The quantitative estimate of drug-likeness (QED) is 0.237. The molecule has 4 aromatic rings. The third kappa shape index (κ3) is 5.71. The zero-order chi connectivity index (χ0) is 34.4. The number of piperazine rings is 1. The predicted octanol–water partition coefficient (Wildman–Crippen LogP) is 5.56. The minimum Gasteiger partial charge on any atom is -0.462 e. The number of aliphatic hydroxyl groups excluding tert-OH is 1. The summed E-state index contributed by atoms with van der Waals surface area (Å²) in [5, 5.41) is 20.7. The van der Waals surface area contributed by atoms with Gasteiger partial charge in [-0.05, 0) is 43.7 Å². The lowest BCUT2D eigenvalue weighted by molar-refractivity contribution is -0.131. The zero-order valence-corrected chi connectivity index (χ0v) is 27.3. The Kier molecular flexibility index (Phi) is 8.81. The number of aromatic nitrogens is 3. The van der Waals surface area contributed by atoms with Crippen LogP contribution in [0.5, 0.6) is 6.01 Å². The van der Waals surface area contributed by atoms with Gasteiger partial charge in [-0.25, -0.2) is 13.2 Å². The second-order valence-electron chi connectivity index (χ2n) is 12.8. The molecule has 1 amide bonds. The third-order valence-corrected chi connectivity index (χ3v) is 10.5. The van der Waals surface area contributed by atoms with Crippen LogP contribution < -0.4 is 9.64 Å². The standard InChI is InChI=1S/C35H33ClF3N7O3/c1-20(37)33(48)45-15-14-44(17-22(45)9-12-40)32-25-16-41-30(24-5-2-4-21-6-7-26(38)28(36)27(21)24)29(39)31(25)42-34(43-32)49-18-23-8-11-35(19-47)10-3-13-46(23)35/h2,4-7,16,22-23,47H,1,3,8-11,13-15,17-19H2/t22-,23?,35?/m0/s1. The largest absolute Gasteiger partial charge is 0.462 e. The predicted molar refractivity (Wildman–Crippen MR) is 178 cm³/mol. The number of rotatable bonds is 8. The number of hydrogen-bond acceptors (Lipinski definition) is 9. The molecule has 3 aliphatic rings. The van der Waals surface area contributed by atoms with Crippen LogP contribution in [0.4, 0.5) is 19.0 Å². The smallest absolute Gasteiger partial charge is 0.319 e. The molecule has 2 aromatic heterocycles. The van der Waals surface area contributed by atoms with Gasteiger partial charge in [-0.2, -0.15) is 15.2 Å². The molecular weight excluding hydrogens is 659 g/mol. The summed E-state index contributed by atoms with van der Waals surface area (Å²) in [4.78, 5) is 31.5. The molecule has 14 heteroatoms. The summed E-state index contributed by atoms with van der Waals surface area (Å²) >= 11 is 6.38. The Morgan fingerprint density at radius 3 is 2.78 bits per heavy atom. The molecule has 0 bridgehead atoms. The molecule has 3 saturated heterocycles. The minimum absolute atomic E-state index is 0.00586. The van der Waals surface area contributed by atoms with Gasteiger partial charge in [-0.1, -0.05) is 42.4 Å². The van der Waals surface area contributed by atoms with Gasteiger partial charge >= 0.3 is 6.01 Å². The average molecular weight is 692 g/mol. The summed E-state index contributed by atoms with van der Waals surface area (Å²) in [5.74, 6) is -3.20. The lowest BCUT2D eigenvalue weighted by Crippen LogP contribution is -2.55. The molecule has 2 aromatic carbocycles. The van der Waals surface area contributed by atoms with E-state index in [2.05, 4.69) is 27.5 Å². The molecule has 254 valence electrons. The van der Waals surface area contributed by atoms with Crippen molar-refractivity contribution in [2.75, 3.05) is 44.3 Å². The maximum Gasteiger partial charge on any atom is 0.319 e. The van der Waals surface area contributed by atoms with Gasteiger partial charge < -0.3 is 19.6 Å². The van der Waals surface area contributed by atoms with Crippen LogP contribution in [0.2, 0.25) is 5.02 Å². The van der Waals surface area contributed by atoms with E-state index in [1.54, 1.807) is 29.2 Å². The SMILES string of the molecule is C=C(F)C(=O)N1CCN(c2nc(OCC3CCC4(CO)CCCN34)nc3c(F)c(-c4cccc5ccc(F)c(Cl)c45)ncc23)C[C@@H]1CC#N. The van der Waals surface area contributed by atoms with Crippen molar-refractivity contribution in [2.45, 2.75) is 49.7 Å². The maximum atomic E-state index is 16.8. The molecule has 3 aliphatic heterocycles. The van der Waals surface area contributed by atoms with Crippen molar-refractivity contribution < 1.29 is 27.8 Å². The molecule has 10 nitrogen and oxygen atoms in total. The summed E-state index contributed by atoms with van der Waals surface area (Å²) in [5.41, 5.74) is -0.176. The van der Waals surface area contributed by atoms with Gasteiger partial charge in [0.2, 0.25) is 0 Å². The van der Waals surface area contributed by atoms with Crippen LogP contribution in [0, 0.1) is 23.0 Å². The Hall–Kier alpha value is -4.51. The number of benzene rings is 2.